The van der Waals surface area contributed by atoms with E-state index in [4.69, 9.17) is 5.73 Å². The summed E-state index contributed by atoms with van der Waals surface area (Å²) in [5.74, 6) is -0.0857. The molecule has 0 bridgehead atoms. The molecule has 100 valence electrons. The molecule has 0 aliphatic heterocycles. The number of nitrogens with two attached hydrogens (primary N) is 1. The van der Waals surface area contributed by atoms with Gasteiger partial charge in [-0.2, -0.15) is 0 Å². The van der Waals surface area contributed by atoms with Crippen molar-refractivity contribution in [1.29, 1.82) is 0 Å². The first-order valence-electron chi connectivity index (χ1n) is 5.21. The summed E-state index contributed by atoms with van der Waals surface area (Å²) in [7, 11) is 0. The highest BCUT2D eigenvalue weighted by Gasteiger charge is 2.12. The summed E-state index contributed by atoms with van der Waals surface area (Å²) in [6, 6.07) is 1.01. The number of rotatable bonds is 6. The zero-order chi connectivity index (χ0) is 11.1. The summed E-state index contributed by atoms with van der Waals surface area (Å²) in [6.45, 7) is 10.3. The van der Waals surface area contributed by atoms with Gasteiger partial charge in [-0.25, -0.2) is 0 Å². The average Bonchev–Trinajstić information content (AvgIpc) is 2.10. The normalized spacial score (nSPS) is 10.0. The highest BCUT2D eigenvalue weighted by Crippen LogP contribution is 2.02. The van der Waals surface area contributed by atoms with E-state index < -0.39 is 0 Å². The number of amides is 1. The van der Waals surface area contributed by atoms with Crippen LogP contribution < -0.4 is 11.1 Å². The lowest BCUT2D eigenvalue weighted by Crippen LogP contribution is -2.43. The van der Waals surface area contributed by atoms with Gasteiger partial charge in [-0.3, -0.25) is 9.69 Å². The summed E-state index contributed by atoms with van der Waals surface area (Å²) < 4.78 is 0. The third-order valence-corrected chi connectivity index (χ3v) is 2.20. The van der Waals surface area contributed by atoms with Crippen LogP contribution in [-0.4, -0.2) is 42.5 Å². The predicted octanol–water partition coefficient (Wildman–Crippen LogP) is 1.02. The van der Waals surface area contributed by atoms with Crippen LogP contribution in [0.4, 0.5) is 0 Å². The molecular formula is C10H25Cl2N3O. The van der Waals surface area contributed by atoms with Crippen molar-refractivity contribution in [3.8, 4) is 0 Å². The summed E-state index contributed by atoms with van der Waals surface area (Å²) in [5.41, 5.74) is 5.18. The number of carbonyl (C=O) groups excluding carboxylic acids is 1. The maximum atomic E-state index is 10.9. The molecule has 0 heterocycles. The van der Waals surface area contributed by atoms with Gasteiger partial charge in [0, 0.05) is 25.2 Å². The van der Waals surface area contributed by atoms with Crippen molar-refractivity contribution in [2.24, 2.45) is 5.73 Å². The van der Waals surface area contributed by atoms with E-state index in [9.17, 15) is 4.79 Å². The highest BCUT2D eigenvalue weighted by molar-refractivity contribution is 5.85. The van der Waals surface area contributed by atoms with Crippen molar-refractivity contribution in [2.75, 3.05) is 19.6 Å². The minimum atomic E-state index is -0.0857. The molecule has 0 aliphatic carbocycles. The molecule has 0 spiro atoms. The van der Waals surface area contributed by atoms with Crippen LogP contribution in [0.2, 0.25) is 0 Å². The Morgan fingerprint density at radius 1 is 1.19 bits per heavy atom. The second-order valence-corrected chi connectivity index (χ2v) is 3.98. The molecule has 0 unspecified atom stereocenters. The van der Waals surface area contributed by atoms with Gasteiger partial charge in [0.05, 0.1) is 6.54 Å². The average molecular weight is 274 g/mol. The van der Waals surface area contributed by atoms with Gasteiger partial charge in [0.15, 0.2) is 0 Å². The Bertz CT molecular complexity index is 169. The molecule has 0 aromatic carbocycles. The Kier molecular flexibility index (Phi) is 15.2. The first-order valence-corrected chi connectivity index (χ1v) is 5.21. The van der Waals surface area contributed by atoms with E-state index in [0.717, 1.165) is 6.54 Å². The molecule has 4 nitrogen and oxygen atoms in total. The van der Waals surface area contributed by atoms with E-state index in [1.54, 1.807) is 0 Å². The van der Waals surface area contributed by atoms with E-state index >= 15 is 0 Å². The van der Waals surface area contributed by atoms with Crippen molar-refractivity contribution < 1.29 is 4.79 Å². The van der Waals surface area contributed by atoms with Gasteiger partial charge in [0.25, 0.3) is 0 Å². The topological polar surface area (TPSA) is 58.4 Å². The van der Waals surface area contributed by atoms with Crippen LogP contribution in [-0.2, 0) is 4.79 Å². The first kappa shape index (κ1) is 21.3. The van der Waals surface area contributed by atoms with Crippen molar-refractivity contribution in [3.05, 3.63) is 0 Å². The molecule has 0 aromatic heterocycles. The lowest BCUT2D eigenvalue weighted by atomic mass is 10.2. The number of carbonyl (C=O) groups is 1. The Balaban J connectivity index is -0.000000845. The van der Waals surface area contributed by atoms with Gasteiger partial charge >= 0.3 is 0 Å². The molecule has 0 fully saturated rings. The van der Waals surface area contributed by atoms with Gasteiger partial charge in [0.1, 0.15) is 0 Å². The highest BCUT2D eigenvalue weighted by atomic mass is 35.5. The van der Waals surface area contributed by atoms with Crippen LogP contribution in [0.25, 0.3) is 0 Å². The fraction of sp³-hybridized carbons (Fsp3) is 0.900. The van der Waals surface area contributed by atoms with E-state index in [2.05, 4.69) is 37.9 Å². The van der Waals surface area contributed by atoms with Gasteiger partial charge in [-0.1, -0.05) is 0 Å². The first-order chi connectivity index (χ1) is 6.49. The summed E-state index contributed by atoms with van der Waals surface area (Å²) >= 11 is 0. The van der Waals surface area contributed by atoms with Crippen molar-refractivity contribution in [3.63, 3.8) is 0 Å². The Labute approximate surface area is 111 Å². The predicted molar refractivity (Wildman–Crippen MR) is 73.5 cm³/mol. The van der Waals surface area contributed by atoms with Gasteiger partial charge in [0.2, 0.25) is 5.91 Å². The van der Waals surface area contributed by atoms with E-state index in [1.807, 2.05) is 0 Å². The lowest BCUT2D eigenvalue weighted by Gasteiger charge is -2.30. The molecule has 6 heteroatoms. The van der Waals surface area contributed by atoms with Gasteiger partial charge in [-0.05, 0) is 27.7 Å². The number of nitrogens with one attached hydrogen (secondary N) is 1. The van der Waals surface area contributed by atoms with E-state index in [1.165, 1.54) is 0 Å². The zero-order valence-electron chi connectivity index (χ0n) is 10.5. The van der Waals surface area contributed by atoms with E-state index in [-0.39, 0.29) is 37.3 Å². The Hall–Kier alpha value is -0.0300. The number of hydrogen-bond donors (Lipinski definition) is 2. The maximum Gasteiger partial charge on any atom is 0.233 e. The second-order valence-electron chi connectivity index (χ2n) is 3.98. The molecule has 0 radical (unpaired) electrons. The lowest BCUT2D eigenvalue weighted by molar-refractivity contribution is -0.119. The standard InChI is InChI=1S/C10H23N3O.2ClH/c1-8(2)13(9(3)4)6-5-12-10(14)7-11;;/h8-9H,5-7,11H2,1-4H3,(H,12,14);2*1H. The number of nitrogens with zero attached hydrogens (tertiary/aromatic N) is 1. The second kappa shape index (κ2) is 11.5. The summed E-state index contributed by atoms with van der Waals surface area (Å²) in [4.78, 5) is 13.2. The van der Waals surface area contributed by atoms with Crippen molar-refractivity contribution in [2.45, 2.75) is 39.8 Å². The Morgan fingerprint density at radius 3 is 1.94 bits per heavy atom. The molecule has 0 atom stereocenters. The fourth-order valence-electron chi connectivity index (χ4n) is 1.51. The number of halogens is 2. The van der Waals surface area contributed by atoms with Gasteiger partial charge < -0.3 is 11.1 Å². The molecule has 0 saturated heterocycles. The molecule has 0 rings (SSSR count). The maximum absolute atomic E-state index is 10.9. The quantitative estimate of drug-likeness (QED) is 0.760. The molecule has 0 aromatic rings. The largest absolute Gasteiger partial charge is 0.354 e. The van der Waals surface area contributed by atoms with Crippen LogP contribution in [0, 0.1) is 0 Å². The Morgan fingerprint density at radius 2 is 1.62 bits per heavy atom. The molecular weight excluding hydrogens is 249 g/mol. The third-order valence-electron chi connectivity index (χ3n) is 2.20. The zero-order valence-corrected chi connectivity index (χ0v) is 12.2. The molecule has 1 amide bonds. The van der Waals surface area contributed by atoms with Crippen LogP contribution in [0.1, 0.15) is 27.7 Å². The van der Waals surface area contributed by atoms with E-state index in [0.29, 0.717) is 18.6 Å². The van der Waals surface area contributed by atoms with Crippen molar-refractivity contribution in [1.82, 2.24) is 10.2 Å². The molecule has 3 N–H and O–H groups in total. The van der Waals surface area contributed by atoms with Gasteiger partial charge in [-0.15, -0.1) is 24.8 Å². The SMILES string of the molecule is CC(C)N(CCNC(=O)CN)C(C)C.Cl.Cl. The summed E-state index contributed by atoms with van der Waals surface area (Å²) in [5, 5.41) is 2.77. The summed E-state index contributed by atoms with van der Waals surface area (Å²) in [6.07, 6.45) is 0. The minimum absolute atomic E-state index is 0. The van der Waals surface area contributed by atoms with Crippen LogP contribution in [0.3, 0.4) is 0 Å². The molecule has 16 heavy (non-hydrogen) atoms. The molecule has 0 aliphatic rings. The number of hydrogen-bond acceptors (Lipinski definition) is 3. The van der Waals surface area contributed by atoms with Crippen molar-refractivity contribution >= 4 is 30.7 Å². The molecule has 0 saturated carbocycles. The smallest absolute Gasteiger partial charge is 0.233 e. The monoisotopic (exact) mass is 273 g/mol. The fourth-order valence-corrected chi connectivity index (χ4v) is 1.51. The third kappa shape index (κ3) is 9.21. The van der Waals surface area contributed by atoms with Crippen LogP contribution in [0.15, 0.2) is 0 Å². The van der Waals surface area contributed by atoms with Crippen LogP contribution >= 0.6 is 24.8 Å². The van der Waals surface area contributed by atoms with Crippen LogP contribution in [0.5, 0.6) is 0 Å². The minimum Gasteiger partial charge on any atom is -0.354 e.